The quantitative estimate of drug-likeness (QED) is 0.480. The second-order valence-corrected chi connectivity index (χ2v) is 9.43. The molecule has 0 atom stereocenters. The third kappa shape index (κ3) is 5.94. The third-order valence-electron chi connectivity index (χ3n) is 4.18. The number of sulfone groups is 1. The molecule has 2 aromatic carbocycles. The maximum atomic E-state index is 13.9. The summed E-state index contributed by atoms with van der Waals surface area (Å²) in [5.41, 5.74) is -0.922. The van der Waals surface area contributed by atoms with Gasteiger partial charge in [-0.15, -0.1) is 0 Å². The zero-order valence-corrected chi connectivity index (χ0v) is 18.1. The molecule has 0 aliphatic rings. The summed E-state index contributed by atoms with van der Waals surface area (Å²) in [5.74, 6) is -0.732. The van der Waals surface area contributed by atoms with Gasteiger partial charge in [-0.25, -0.2) is 22.8 Å². The molecule has 0 fully saturated rings. The van der Waals surface area contributed by atoms with E-state index in [0.29, 0.717) is 17.6 Å². The van der Waals surface area contributed by atoms with E-state index in [1.54, 1.807) is 6.07 Å². The normalized spacial score (nSPS) is 12.1. The number of hydrogen-bond acceptors (Lipinski definition) is 6. The van der Waals surface area contributed by atoms with Gasteiger partial charge in [-0.05, 0) is 50.2 Å². The lowest BCUT2D eigenvalue weighted by Gasteiger charge is -2.15. The lowest BCUT2D eigenvalue weighted by molar-refractivity contribution is -0.137. The maximum Gasteiger partial charge on any atom is 0.416 e. The van der Waals surface area contributed by atoms with Crippen molar-refractivity contribution in [1.29, 1.82) is 0 Å². The van der Waals surface area contributed by atoms with Gasteiger partial charge in [0.1, 0.15) is 17.5 Å². The van der Waals surface area contributed by atoms with Crippen LogP contribution in [0.15, 0.2) is 53.4 Å². The Labute approximate surface area is 182 Å². The molecule has 0 saturated heterocycles. The summed E-state index contributed by atoms with van der Waals surface area (Å²) in [5, 5.41) is 5.96. The van der Waals surface area contributed by atoms with Crippen LogP contribution >= 0.6 is 0 Å². The van der Waals surface area contributed by atoms with Gasteiger partial charge in [-0.1, -0.05) is 6.07 Å². The second-order valence-electron chi connectivity index (χ2n) is 7.41. The molecule has 0 aliphatic carbocycles. The summed E-state index contributed by atoms with van der Waals surface area (Å²) in [4.78, 5) is 8.51. The molecule has 1 aromatic heterocycles. The first-order valence-electron chi connectivity index (χ1n) is 9.42. The Morgan fingerprint density at radius 2 is 1.66 bits per heavy atom. The third-order valence-corrected chi connectivity index (χ3v) is 5.29. The van der Waals surface area contributed by atoms with E-state index >= 15 is 0 Å². The molecule has 0 aliphatic heterocycles. The van der Waals surface area contributed by atoms with Crippen molar-refractivity contribution >= 4 is 27.2 Å². The van der Waals surface area contributed by atoms with E-state index in [1.165, 1.54) is 24.3 Å². The molecule has 0 unspecified atom stereocenters. The fourth-order valence-electron chi connectivity index (χ4n) is 2.84. The zero-order valence-electron chi connectivity index (χ0n) is 17.3. The Morgan fingerprint density at radius 3 is 2.28 bits per heavy atom. The predicted molar refractivity (Wildman–Crippen MR) is 114 cm³/mol. The van der Waals surface area contributed by atoms with Crippen molar-refractivity contribution in [3.63, 3.8) is 0 Å². The minimum absolute atomic E-state index is 0.0580. The Morgan fingerprint density at radius 1 is 0.969 bits per heavy atom. The molecule has 2 N–H and O–H groups in total. The van der Waals surface area contributed by atoms with Crippen molar-refractivity contribution in [3.8, 4) is 11.4 Å². The standard InChI is InChI=1S/C21H20F4N4O2S/c1-12(2)26-18-11-19(27-16-5-4-6-17(10-16)32(3,30)31)29-20(28-18)13-7-14(21(23,24)25)9-15(22)8-13/h4-12H,1-3H3,(H2,26,27,28,29). The van der Waals surface area contributed by atoms with Gasteiger partial charge in [-0.2, -0.15) is 13.2 Å². The molecular formula is C21H20F4N4O2S. The fraction of sp³-hybridized carbons (Fsp3) is 0.238. The summed E-state index contributed by atoms with van der Waals surface area (Å²) >= 11 is 0. The average molecular weight is 468 g/mol. The molecule has 11 heteroatoms. The first kappa shape index (κ1) is 23.5. The summed E-state index contributed by atoms with van der Waals surface area (Å²) in [6, 6.07) is 9.52. The number of aromatic nitrogens is 2. The smallest absolute Gasteiger partial charge is 0.368 e. The maximum absolute atomic E-state index is 13.9. The van der Waals surface area contributed by atoms with E-state index in [1.807, 2.05) is 13.8 Å². The lowest BCUT2D eigenvalue weighted by atomic mass is 10.1. The highest BCUT2D eigenvalue weighted by molar-refractivity contribution is 7.90. The van der Waals surface area contributed by atoms with Crippen LogP contribution < -0.4 is 10.6 Å². The molecule has 170 valence electrons. The van der Waals surface area contributed by atoms with Crippen LogP contribution in [-0.2, 0) is 16.0 Å². The van der Waals surface area contributed by atoms with Crippen LogP contribution in [0, 0.1) is 5.82 Å². The van der Waals surface area contributed by atoms with Gasteiger partial charge in [0, 0.05) is 29.6 Å². The summed E-state index contributed by atoms with van der Waals surface area (Å²) in [7, 11) is -3.45. The minimum Gasteiger partial charge on any atom is -0.368 e. The van der Waals surface area contributed by atoms with Crippen LogP contribution in [0.25, 0.3) is 11.4 Å². The number of halogens is 4. The number of alkyl halides is 3. The Hall–Kier alpha value is -3.21. The molecule has 3 aromatic rings. The Kier molecular flexibility index (Phi) is 6.40. The highest BCUT2D eigenvalue weighted by Gasteiger charge is 2.31. The van der Waals surface area contributed by atoms with E-state index in [2.05, 4.69) is 20.6 Å². The van der Waals surface area contributed by atoms with Gasteiger partial charge in [0.25, 0.3) is 0 Å². The van der Waals surface area contributed by atoms with Crippen molar-refractivity contribution < 1.29 is 26.0 Å². The monoisotopic (exact) mass is 468 g/mol. The largest absolute Gasteiger partial charge is 0.416 e. The van der Waals surface area contributed by atoms with Gasteiger partial charge in [0.05, 0.1) is 10.5 Å². The minimum atomic E-state index is -4.74. The summed E-state index contributed by atoms with van der Waals surface area (Å²) in [6.07, 6.45) is -3.67. The second kappa shape index (κ2) is 8.73. The molecule has 0 spiro atoms. The molecule has 0 amide bonds. The fourth-order valence-corrected chi connectivity index (χ4v) is 3.51. The van der Waals surface area contributed by atoms with Crippen molar-refractivity contribution in [3.05, 3.63) is 59.9 Å². The van der Waals surface area contributed by atoms with Crippen molar-refractivity contribution in [2.75, 3.05) is 16.9 Å². The summed E-state index contributed by atoms with van der Waals surface area (Å²) in [6.45, 7) is 3.68. The van der Waals surface area contributed by atoms with Crippen LogP contribution in [0.1, 0.15) is 19.4 Å². The molecule has 0 radical (unpaired) electrons. The number of benzene rings is 2. The number of rotatable bonds is 6. The lowest BCUT2D eigenvalue weighted by Crippen LogP contribution is -2.12. The predicted octanol–water partition coefficient (Wildman–Crippen LogP) is 5.27. The molecular weight excluding hydrogens is 448 g/mol. The average Bonchev–Trinajstić information content (AvgIpc) is 2.65. The van der Waals surface area contributed by atoms with Crippen molar-refractivity contribution in [2.24, 2.45) is 0 Å². The van der Waals surface area contributed by atoms with Crippen LogP contribution in [0.2, 0.25) is 0 Å². The van der Waals surface area contributed by atoms with Crippen molar-refractivity contribution in [2.45, 2.75) is 31.0 Å². The Bertz CT molecular complexity index is 1240. The van der Waals surface area contributed by atoms with Gasteiger partial charge < -0.3 is 10.6 Å². The van der Waals surface area contributed by atoms with Crippen LogP contribution in [0.4, 0.5) is 34.9 Å². The van der Waals surface area contributed by atoms with Crippen LogP contribution in [-0.4, -0.2) is 30.7 Å². The highest BCUT2D eigenvalue weighted by atomic mass is 32.2. The molecule has 0 bridgehead atoms. The Balaban J connectivity index is 2.08. The topological polar surface area (TPSA) is 84.0 Å². The number of nitrogens with zero attached hydrogens (tertiary/aromatic N) is 2. The molecule has 6 nitrogen and oxygen atoms in total. The summed E-state index contributed by atoms with van der Waals surface area (Å²) < 4.78 is 76.9. The zero-order chi connectivity index (χ0) is 23.7. The van der Waals surface area contributed by atoms with E-state index in [4.69, 9.17) is 0 Å². The van der Waals surface area contributed by atoms with E-state index < -0.39 is 27.4 Å². The number of nitrogens with one attached hydrogen (secondary N) is 2. The molecule has 1 heterocycles. The van der Waals surface area contributed by atoms with Crippen molar-refractivity contribution in [1.82, 2.24) is 9.97 Å². The van der Waals surface area contributed by atoms with Gasteiger partial charge in [-0.3, -0.25) is 0 Å². The molecule has 32 heavy (non-hydrogen) atoms. The van der Waals surface area contributed by atoms with Crippen LogP contribution in [0.5, 0.6) is 0 Å². The SMILES string of the molecule is CC(C)Nc1cc(Nc2cccc(S(C)(=O)=O)c2)nc(-c2cc(F)cc(C(F)(F)F)c2)n1. The van der Waals surface area contributed by atoms with Crippen LogP contribution in [0.3, 0.4) is 0 Å². The van der Waals surface area contributed by atoms with Gasteiger partial charge >= 0.3 is 6.18 Å². The van der Waals surface area contributed by atoms with Gasteiger partial charge in [0.2, 0.25) is 0 Å². The first-order chi connectivity index (χ1) is 14.8. The number of hydrogen-bond donors (Lipinski definition) is 2. The van der Waals surface area contributed by atoms with Gasteiger partial charge in [0.15, 0.2) is 15.7 Å². The van der Waals surface area contributed by atoms with E-state index in [9.17, 15) is 26.0 Å². The molecule has 3 rings (SSSR count). The highest BCUT2D eigenvalue weighted by Crippen LogP contribution is 2.33. The number of anilines is 3. The van der Waals surface area contributed by atoms with E-state index in [-0.39, 0.29) is 28.1 Å². The van der Waals surface area contributed by atoms with E-state index in [0.717, 1.165) is 18.4 Å². The molecule has 0 saturated carbocycles. The first-order valence-corrected chi connectivity index (χ1v) is 11.3.